The summed E-state index contributed by atoms with van der Waals surface area (Å²) in [6, 6.07) is 17.1. The van der Waals surface area contributed by atoms with Crippen LogP contribution in [0.4, 0.5) is 5.69 Å². The lowest BCUT2D eigenvalue weighted by Crippen LogP contribution is -2.44. The fourth-order valence-corrected chi connectivity index (χ4v) is 3.73. The van der Waals surface area contributed by atoms with Crippen molar-refractivity contribution in [1.29, 1.82) is 0 Å². The van der Waals surface area contributed by atoms with Crippen LogP contribution < -0.4 is 4.90 Å². The minimum Gasteiger partial charge on any atom is -0.472 e. The van der Waals surface area contributed by atoms with E-state index in [0.717, 1.165) is 54.0 Å². The Bertz CT molecular complexity index is 1060. The molecule has 0 atom stereocenters. The summed E-state index contributed by atoms with van der Waals surface area (Å²) in [5.41, 5.74) is 6.70. The van der Waals surface area contributed by atoms with Crippen molar-refractivity contribution >= 4 is 16.7 Å². The fourth-order valence-electron chi connectivity index (χ4n) is 3.73. The second kappa shape index (κ2) is 6.59. The maximum Gasteiger partial charge on any atom is 0.100 e. The number of nitrogens with zero attached hydrogens (tertiary/aromatic N) is 4. The summed E-state index contributed by atoms with van der Waals surface area (Å²) >= 11 is 0. The molecular weight excluding hydrogens is 336 g/mol. The molecule has 136 valence electrons. The number of anilines is 1. The number of benzene rings is 2. The highest BCUT2D eigenvalue weighted by atomic mass is 16.3. The third-order valence-corrected chi connectivity index (χ3v) is 5.38. The molecule has 5 rings (SSSR count). The van der Waals surface area contributed by atoms with E-state index in [-0.39, 0.29) is 0 Å². The van der Waals surface area contributed by atoms with Crippen molar-refractivity contribution in [3.05, 3.63) is 67.4 Å². The van der Waals surface area contributed by atoms with Gasteiger partial charge in [-0.1, -0.05) is 12.1 Å². The van der Waals surface area contributed by atoms with Gasteiger partial charge in [0.05, 0.1) is 23.6 Å². The number of imidazole rings is 1. The molecule has 0 radical (unpaired) electrons. The highest BCUT2D eigenvalue weighted by Gasteiger charge is 2.15. The maximum atomic E-state index is 5.20. The molecule has 2 aromatic heterocycles. The lowest BCUT2D eigenvalue weighted by atomic mass is 10.1. The molecule has 0 spiro atoms. The Morgan fingerprint density at radius 3 is 2.56 bits per heavy atom. The largest absolute Gasteiger partial charge is 0.472 e. The average Bonchev–Trinajstić information content (AvgIpc) is 3.38. The van der Waals surface area contributed by atoms with Crippen LogP contribution in [-0.2, 0) is 0 Å². The molecule has 0 aliphatic carbocycles. The minimum atomic E-state index is 0.985. The Hall–Kier alpha value is -3.05. The molecular formula is C22H22N4O. The number of aromatic nitrogens is 2. The topological polar surface area (TPSA) is 37.4 Å². The maximum absolute atomic E-state index is 5.20. The van der Waals surface area contributed by atoms with Gasteiger partial charge in [0.15, 0.2) is 0 Å². The van der Waals surface area contributed by atoms with Gasteiger partial charge in [-0.05, 0) is 49.0 Å². The lowest BCUT2D eigenvalue weighted by Gasteiger charge is -2.34. The zero-order valence-corrected chi connectivity index (χ0v) is 15.4. The van der Waals surface area contributed by atoms with E-state index in [1.807, 2.05) is 12.4 Å². The van der Waals surface area contributed by atoms with E-state index in [9.17, 15) is 0 Å². The summed E-state index contributed by atoms with van der Waals surface area (Å²) in [5.74, 6) is 0. The van der Waals surface area contributed by atoms with Crippen LogP contribution in [0.3, 0.4) is 0 Å². The van der Waals surface area contributed by atoms with Gasteiger partial charge in [-0.3, -0.25) is 4.57 Å². The molecule has 27 heavy (non-hydrogen) atoms. The van der Waals surface area contributed by atoms with Crippen LogP contribution in [0.1, 0.15) is 0 Å². The van der Waals surface area contributed by atoms with Crippen molar-refractivity contribution in [1.82, 2.24) is 14.5 Å². The molecule has 5 heteroatoms. The zero-order chi connectivity index (χ0) is 18.2. The van der Waals surface area contributed by atoms with Gasteiger partial charge in [0, 0.05) is 43.1 Å². The van der Waals surface area contributed by atoms with Crippen molar-refractivity contribution in [2.24, 2.45) is 0 Å². The number of hydrogen-bond donors (Lipinski definition) is 0. The Morgan fingerprint density at radius 2 is 1.74 bits per heavy atom. The molecule has 4 aromatic rings. The van der Waals surface area contributed by atoms with Crippen LogP contribution in [0.2, 0.25) is 0 Å². The molecule has 2 aromatic carbocycles. The Balaban J connectivity index is 1.49. The van der Waals surface area contributed by atoms with E-state index < -0.39 is 0 Å². The number of rotatable bonds is 3. The average molecular weight is 358 g/mol. The molecule has 0 amide bonds. The van der Waals surface area contributed by atoms with Gasteiger partial charge in [0.1, 0.15) is 6.33 Å². The minimum absolute atomic E-state index is 0.985. The van der Waals surface area contributed by atoms with Crippen LogP contribution in [0.25, 0.3) is 27.8 Å². The molecule has 3 heterocycles. The van der Waals surface area contributed by atoms with Crippen LogP contribution in [0.15, 0.2) is 71.8 Å². The van der Waals surface area contributed by atoms with Crippen LogP contribution in [0.5, 0.6) is 0 Å². The smallest absolute Gasteiger partial charge is 0.100 e. The van der Waals surface area contributed by atoms with Crippen molar-refractivity contribution in [3.63, 3.8) is 0 Å². The molecule has 1 fully saturated rings. The fraction of sp³-hybridized carbons (Fsp3) is 0.227. The van der Waals surface area contributed by atoms with Gasteiger partial charge in [0.25, 0.3) is 0 Å². The predicted molar refractivity (Wildman–Crippen MR) is 108 cm³/mol. The summed E-state index contributed by atoms with van der Waals surface area (Å²) in [4.78, 5) is 9.46. The Labute approximate surface area is 158 Å². The molecule has 1 aliphatic heterocycles. The first-order valence-electron chi connectivity index (χ1n) is 9.31. The van der Waals surface area contributed by atoms with E-state index in [4.69, 9.17) is 4.42 Å². The van der Waals surface area contributed by atoms with Gasteiger partial charge in [0.2, 0.25) is 0 Å². The molecule has 0 unspecified atom stereocenters. The number of hydrogen-bond acceptors (Lipinski definition) is 4. The van der Waals surface area contributed by atoms with Crippen molar-refractivity contribution in [2.75, 3.05) is 38.1 Å². The molecule has 1 aliphatic rings. The van der Waals surface area contributed by atoms with Crippen molar-refractivity contribution in [2.45, 2.75) is 0 Å². The Morgan fingerprint density at radius 1 is 0.889 bits per heavy atom. The van der Waals surface area contributed by atoms with Crippen molar-refractivity contribution < 1.29 is 4.42 Å². The van der Waals surface area contributed by atoms with E-state index in [2.05, 4.69) is 68.9 Å². The first-order chi connectivity index (χ1) is 13.3. The molecule has 1 saturated heterocycles. The molecule has 5 nitrogen and oxygen atoms in total. The van der Waals surface area contributed by atoms with Crippen molar-refractivity contribution in [3.8, 4) is 16.8 Å². The SMILES string of the molecule is CN1CCN(c2cccc(-n3cnc4cc(-c5ccoc5)ccc43)c2)CC1. The van der Waals surface area contributed by atoms with E-state index in [0.29, 0.717) is 0 Å². The van der Waals surface area contributed by atoms with Crippen LogP contribution in [-0.4, -0.2) is 47.7 Å². The molecule has 0 N–H and O–H groups in total. The standard InChI is InChI=1S/C22H22N4O/c1-24-8-10-25(11-9-24)19-3-2-4-20(14-19)26-16-23-21-13-17(5-6-22(21)26)18-7-12-27-15-18/h2-7,12-16H,8-11H2,1H3. The normalized spacial score (nSPS) is 15.5. The quantitative estimate of drug-likeness (QED) is 0.554. The number of fused-ring (bicyclic) bond motifs is 1. The van der Waals surface area contributed by atoms with Crippen LogP contribution >= 0.6 is 0 Å². The first kappa shape index (κ1) is 16.1. The monoisotopic (exact) mass is 358 g/mol. The lowest BCUT2D eigenvalue weighted by molar-refractivity contribution is 0.313. The highest BCUT2D eigenvalue weighted by Crippen LogP contribution is 2.27. The number of piperazine rings is 1. The molecule has 0 saturated carbocycles. The summed E-state index contributed by atoms with van der Waals surface area (Å²) in [6.45, 7) is 4.35. The Kier molecular flexibility index (Phi) is 3.94. The summed E-state index contributed by atoms with van der Waals surface area (Å²) in [5, 5.41) is 0. The van der Waals surface area contributed by atoms with Crippen LogP contribution in [0, 0.1) is 0 Å². The van der Waals surface area contributed by atoms with Gasteiger partial charge in [-0.25, -0.2) is 4.98 Å². The number of furan rings is 1. The number of likely N-dealkylation sites (N-methyl/N-ethyl adjacent to an activating group) is 1. The third kappa shape index (κ3) is 3.00. The van der Waals surface area contributed by atoms with Gasteiger partial charge in [-0.2, -0.15) is 0 Å². The second-order valence-corrected chi connectivity index (χ2v) is 7.14. The third-order valence-electron chi connectivity index (χ3n) is 5.38. The van der Waals surface area contributed by atoms with E-state index >= 15 is 0 Å². The van der Waals surface area contributed by atoms with E-state index in [1.165, 1.54) is 5.69 Å². The van der Waals surface area contributed by atoms with E-state index in [1.54, 1.807) is 12.5 Å². The summed E-state index contributed by atoms with van der Waals surface area (Å²) in [6.07, 6.45) is 5.37. The summed E-state index contributed by atoms with van der Waals surface area (Å²) in [7, 11) is 2.18. The molecule has 0 bridgehead atoms. The van der Waals surface area contributed by atoms with Gasteiger partial charge in [-0.15, -0.1) is 0 Å². The summed E-state index contributed by atoms with van der Waals surface area (Å²) < 4.78 is 7.36. The second-order valence-electron chi connectivity index (χ2n) is 7.14. The first-order valence-corrected chi connectivity index (χ1v) is 9.31. The highest BCUT2D eigenvalue weighted by molar-refractivity contribution is 5.83. The predicted octanol–water partition coefficient (Wildman–Crippen LogP) is 4.04. The van der Waals surface area contributed by atoms with Gasteiger partial charge >= 0.3 is 0 Å². The zero-order valence-electron chi connectivity index (χ0n) is 15.4. The van der Waals surface area contributed by atoms with Gasteiger partial charge < -0.3 is 14.2 Å².